The van der Waals surface area contributed by atoms with Crippen molar-refractivity contribution in [3.8, 4) is 5.75 Å². The molecule has 0 saturated carbocycles. The Balaban J connectivity index is 2.78. The molecule has 0 aromatic heterocycles. The molecule has 140 valence electrons. The van der Waals surface area contributed by atoms with Gasteiger partial charge in [-0.2, -0.15) is 0 Å². The van der Waals surface area contributed by atoms with Gasteiger partial charge in [0.2, 0.25) is 0 Å². The Morgan fingerprint density at radius 1 is 1.28 bits per heavy atom. The standard InChI is InChI=1S/C19H31N3O3/c1-6-15(4)25-17-12-14(3)8-9-16(17)13-22-19(20-7-2)21-11-10-18(23)24-5/h8-9,12,15H,6-7,10-11,13H2,1-5H3,(H2,20,21,22). The molecule has 25 heavy (non-hydrogen) atoms. The number of methoxy groups -OCH3 is 1. The second kappa shape index (κ2) is 11.3. The van der Waals surface area contributed by atoms with E-state index in [9.17, 15) is 4.79 Å². The molecule has 2 N–H and O–H groups in total. The maximum absolute atomic E-state index is 11.2. The molecule has 0 heterocycles. The first-order valence-electron chi connectivity index (χ1n) is 8.85. The maximum Gasteiger partial charge on any atom is 0.307 e. The first-order chi connectivity index (χ1) is 12.0. The topological polar surface area (TPSA) is 72.0 Å². The molecule has 0 aliphatic carbocycles. The maximum atomic E-state index is 11.2. The summed E-state index contributed by atoms with van der Waals surface area (Å²) in [5.41, 5.74) is 2.20. The fourth-order valence-corrected chi connectivity index (χ4v) is 2.09. The summed E-state index contributed by atoms with van der Waals surface area (Å²) in [5.74, 6) is 1.30. The first-order valence-corrected chi connectivity index (χ1v) is 8.85. The van der Waals surface area contributed by atoms with Crippen LogP contribution < -0.4 is 15.4 Å². The van der Waals surface area contributed by atoms with E-state index in [-0.39, 0.29) is 12.1 Å². The molecular weight excluding hydrogens is 318 g/mol. The van der Waals surface area contributed by atoms with Crippen molar-refractivity contribution in [2.75, 3.05) is 20.2 Å². The number of aryl methyl sites for hydroxylation is 1. The predicted molar refractivity (Wildman–Crippen MR) is 101 cm³/mol. The van der Waals surface area contributed by atoms with Crippen molar-refractivity contribution >= 4 is 11.9 Å². The second-order valence-corrected chi connectivity index (χ2v) is 5.90. The Morgan fingerprint density at radius 3 is 2.68 bits per heavy atom. The smallest absolute Gasteiger partial charge is 0.307 e. The van der Waals surface area contributed by atoms with E-state index < -0.39 is 0 Å². The molecule has 1 aromatic carbocycles. The van der Waals surface area contributed by atoms with Gasteiger partial charge in [0.1, 0.15) is 5.75 Å². The number of aliphatic imine (C=N–C) groups is 1. The van der Waals surface area contributed by atoms with Crippen LogP contribution in [-0.4, -0.2) is 38.2 Å². The number of nitrogens with zero attached hydrogens (tertiary/aromatic N) is 1. The van der Waals surface area contributed by atoms with Crippen molar-refractivity contribution in [2.24, 2.45) is 4.99 Å². The molecule has 1 atom stereocenters. The van der Waals surface area contributed by atoms with Crippen LogP contribution in [0.1, 0.15) is 44.7 Å². The molecule has 6 nitrogen and oxygen atoms in total. The number of guanidine groups is 1. The van der Waals surface area contributed by atoms with Crippen molar-refractivity contribution in [1.82, 2.24) is 10.6 Å². The van der Waals surface area contributed by atoms with E-state index in [4.69, 9.17) is 4.74 Å². The average molecular weight is 349 g/mol. The highest BCUT2D eigenvalue weighted by Gasteiger charge is 2.08. The molecule has 1 aromatic rings. The lowest BCUT2D eigenvalue weighted by Gasteiger charge is -2.17. The Kier molecular flexibility index (Phi) is 9.43. The van der Waals surface area contributed by atoms with Gasteiger partial charge >= 0.3 is 5.97 Å². The van der Waals surface area contributed by atoms with Gasteiger partial charge in [-0.05, 0) is 38.8 Å². The molecule has 1 unspecified atom stereocenters. The summed E-state index contributed by atoms with van der Waals surface area (Å²) >= 11 is 0. The van der Waals surface area contributed by atoms with Crippen molar-refractivity contribution in [2.45, 2.75) is 53.2 Å². The number of carbonyl (C=O) groups excluding carboxylic acids is 1. The van der Waals surface area contributed by atoms with Crippen molar-refractivity contribution in [3.05, 3.63) is 29.3 Å². The minimum absolute atomic E-state index is 0.163. The lowest BCUT2D eigenvalue weighted by atomic mass is 10.1. The minimum atomic E-state index is -0.244. The molecule has 0 aliphatic rings. The van der Waals surface area contributed by atoms with Crippen LogP contribution in [0.5, 0.6) is 5.75 Å². The van der Waals surface area contributed by atoms with Crippen LogP contribution in [0.15, 0.2) is 23.2 Å². The van der Waals surface area contributed by atoms with Crippen LogP contribution in [-0.2, 0) is 16.1 Å². The van der Waals surface area contributed by atoms with Crippen LogP contribution in [0.3, 0.4) is 0 Å². The number of ether oxygens (including phenoxy) is 2. The highest BCUT2D eigenvalue weighted by Crippen LogP contribution is 2.23. The first kappa shape index (κ1) is 20.8. The van der Waals surface area contributed by atoms with E-state index in [1.165, 1.54) is 7.11 Å². The molecule has 0 aliphatic heterocycles. The fraction of sp³-hybridized carbons (Fsp3) is 0.579. The van der Waals surface area contributed by atoms with Gasteiger partial charge in [0.05, 0.1) is 26.2 Å². The van der Waals surface area contributed by atoms with Crippen molar-refractivity contribution < 1.29 is 14.3 Å². The number of esters is 1. The zero-order valence-electron chi connectivity index (χ0n) is 16.0. The normalized spacial score (nSPS) is 12.4. The van der Waals surface area contributed by atoms with Gasteiger partial charge in [-0.15, -0.1) is 0 Å². The lowest BCUT2D eigenvalue weighted by molar-refractivity contribution is -0.140. The lowest BCUT2D eigenvalue weighted by Crippen LogP contribution is -2.38. The van der Waals surface area contributed by atoms with E-state index in [2.05, 4.69) is 59.3 Å². The van der Waals surface area contributed by atoms with Gasteiger partial charge in [0.15, 0.2) is 5.96 Å². The fourth-order valence-electron chi connectivity index (χ4n) is 2.09. The highest BCUT2D eigenvalue weighted by molar-refractivity contribution is 5.80. The zero-order chi connectivity index (χ0) is 18.7. The van der Waals surface area contributed by atoms with E-state index in [0.29, 0.717) is 25.5 Å². The molecule has 6 heteroatoms. The summed E-state index contributed by atoms with van der Waals surface area (Å²) in [6.45, 7) is 9.94. The quantitative estimate of drug-likeness (QED) is 0.407. The summed E-state index contributed by atoms with van der Waals surface area (Å²) in [7, 11) is 1.39. The van der Waals surface area contributed by atoms with E-state index >= 15 is 0 Å². The summed E-state index contributed by atoms with van der Waals surface area (Å²) in [4.78, 5) is 15.8. The highest BCUT2D eigenvalue weighted by atomic mass is 16.5. The van der Waals surface area contributed by atoms with Gasteiger partial charge in [-0.1, -0.05) is 19.1 Å². The number of hydrogen-bond acceptors (Lipinski definition) is 4. The Hall–Kier alpha value is -2.24. The van der Waals surface area contributed by atoms with Crippen molar-refractivity contribution in [3.63, 3.8) is 0 Å². The largest absolute Gasteiger partial charge is 0.490 e. The second-order valence-electron chi connectivity index (χ2n) is 5.90. The van der Waals surface area contributed by atoms with Gasteiger partial charge in [0, 0.05) is 18.7 Å². The number of benzene rings is 1. The molecule has 0 fully saturated rings. The van der Waals surface area contributed by atoms with Crippen molar-refractivity contribution in [1.29, 1.82) is 0 Å². The molecule has 0 spiro atoms. The third-order valence-electron chi connectivity index (χ3n) is 3.73. The summed E-state index contributed by atoms with van der Waals surface area (Å²) in [6, 6.07) is 6.16. The van der Waals surface area contributed by atoms with E-state index in [0.717, 1.165) is 29.8 Å². The van der Waals surface area contributed by atoms with E-state index in [1.54, 1.807) is 0 Å². The molecule has 0 bridgehead atoms. The third-order valence-corrected chi connectivity index (χ3v) is 3.73. The monoisotopic (exact) mass is 349 g/mol. The average Bonchev–Trinajstić information content (AvgIpc) is 2.60. The molecular formula is C19H31N3O3. The molecule has 0 radical (unpaired) electrons. The van der Waals surface area contributed by atoms with Gasteiger partial charge in [-0.25, -0.2) is 4.99 Å². The Morgan fingerprint density at radius 2 is 2.04 bits per heavy atom. The van der Waals surface area contributed by atoms with Crippen LogP contribution in [0.25, 0.3) is 0 Å². The van der Waals surface area contributed by atoms with Gasteiger partial charge < -0.3 is 20.1 Å². The molecule has 1 rings (SSSR count). The summed E-state index contributed by atoms with van der Waals surface area (Å²) < 4.78 is 10.7. The number of hydrogen-bond donors (Lipinski definition) is 2. The van der Waals surface area contributed by atoms with Gasteiger partial charge in [0.25, 0.3) is 0 Å². The Labute approximate surface area is 151 Å². The third kappa shape index (κ3) is 7.92. The summed E-state index contributed by atoms with van der Waals surface area (Å²) in [5, 5.41) is 6.31. The SMILES string of the molecule is CCNC(=NCc1ccc(C)cc1OC(C)CC)NCCC(=O)OC. The molecule has 0 amide bonds. The van der Waals surface area contributed by atoms with Gasteiger partial charge in [-0.3, -0.25) is 4.79 Å². The zero-order valence-corrected chi connectivity index (χ0v) is 16.0. The number of rotatable bonds is 9. The Bertz CT molecular complexity index is 573. The van der Waals surface area contributed by atoms with E-state index in [1.807, 2.05) is 6.92 Å². The number of nitrogens with one attached hydrogen (secondary N) is 2. The van der Waals surface area contributed by atoms with Crippen LogP contribution in [0.2, 0.25) is 0 Å². The summed E-state index contributed by atoms with van der Waals surface area (Å²) in [6.07, 6.45) is 1.42. The van der Waals surface area contributed by atoms with Crippen LogP contribution in [0.4, 0.5) is 0 Å². The number of carbonyl (C=O) groups is 1. The minimum Gasteiger partial charge on any atom is -0.490 e. The van der Waals surface area contributed by atoms with Crippen LogP contribution >= 0.6 is 0 Å². The van der Waals surface area contributed by atoms with Crippen LogP contribution in [0, 0.1) is 6.92 Å². The predicted octanol–water partition coefficient (Wildman–Crippen LogP) is 2.79. The molecule has 0 saturated heterocycles.